The fraction of sp³-hybridized carbons (Fsp3) is 0.133. The van der Waals surface area contributed by atoms with Gasteiger partial charge in [-0.05, 0) is 43.3 Å². The minimum Gasteiger partial charge on any atom is -0.507 e. The van der Waals surface area contributed by atoms with Crippen LogP contribution >= 0.6 is 0 Å². The number of para-hydroxylation sites is 1. The highest BCUT2D eigenvalue weighted by molar-refractivity contribution is 7.89. The second-order valence-corrected chi connectivity index (χ2v) is 5.98. The summed E-state index contributed by atoms with van der Waals surface area (Å²) in [5.74, 6) is 0.616. The second kappa shape index (κ2) is 6.95. The Morgan fingerprint density at radius 1 is 1.18 bits per heavy atom. The molecule has 0 amide bonds. The third-order valence-electron chi connectivity index (χ3n) is 2.76. The molecule has 6 nitrogen and oxygen atoms in total. The van der Waals surface area contributed by atoms with Crippen LogP contribution in [0.2, 0.25) is 0 Å². The lowest BCUT2D eigenvalue weighted by atomic mass is 10.2. The van der Waals surface area contributed by atoms with E-state index in [1.165, 1.54) is 24.4 Å². The molecule has 2 N–H and O–H groups in total. The van der Waals surface area contributed by atoms with Gasteiger partial charge < -0.3 is 9.84 Å². The standard InChI is InChI=1S/C15H16N2O4S/c1-2-21-13-7-9-14(10-8-13)22(19,20)17-16-11-12-5-3-4-6-15(12)18/h3-11,17-18H,2H2,1H3/b16-11+. The van der Waals surface area contributed by atoms with E-state index in [0.717, 1.165) is 0 Å². The molecule has 0 saturated heterocycles. The van der Waals surface area contributed by atoms with Crippen LogP contribution in [-0.2, 0) is 10.0 Å². The Bertz CT molecular complexity index is 755. The smallest absolute Gasteiger partial charge is 0.276 e. The number of benzene rings is 2. The van der Waals surface area contributed by atoms with Gasteiger partial charge in [0.15, 0.2) is 0 Å². The lowest BCUT2D eigenvalue weighted by Crippen LogP contribution is -2.18. The number of hydrazone groups is 1. The molecule has 0 fully saturated rings. The maximum atomic E-state index is 12.0. The number of ether oxygens (including phenoxy) is 1. The van der Waals surface area contributed by atoms with Crippen LogP contribution in [0.3, 0.4) is 0 Å². The maximum Gasteiger partial charge on any atom is 0.276 e. The Balaban J connectivity index is 2.09. The number of hydrogen-bond donors (Lipinski definition) is 2. The van der Waals surface area contributed by atoms with Crippen LogP contribution in [0, 0.1) is 0 Å². The van der Waals surface area contributed by atoms with Crippen LogP contribution < -0.4 is 9.57 Å². The molecule has 0 atom stereocenters. The van der Waals surface area contributed by atoms with Crippen molar-refractivity contribution in [1.29, 1.82) is 0 Å². The van der Waals surface area contributed by atoms with Crippen molar-refractivity contribution in [1.82, 2.24) is 4.83 Å². The quantitative estimate of drug-likeness (QED) is 0.630. The molecule has 0 spiro atoms. The molecule has 0 aliphatic carbocycles. The van der Waals surface area contributed by atoms with Crippen LogP contribution in [0.4, 0.5) is 0 Å². The highest BCUT2D eigenvalue weighted by Gasteiger charge is 2.12. The zero-order valence-electron chi connectivity index (χ0n) is 11.9. The van der Waals surface area contributed by atoms with Crippen LogP contribution in [0.15, 0.2) is 58.5 Å². The summed E-state index contributed by atoms with van der Waals surface area (Å²) in [6.07, 6.45) is 1.24. The zero-order valence-corrected chi connectivity index (χ0v) is 12.7. The van der Waals surface area contributed by atoms with E-state index < -0.39 is 10.0 Å². The first kappa shape index (κ1) is 15.8. The van der Waals surface area contributed by atoms with Crippen molar-refractivity contribution in [3.63, 3.8) is 0 Å². The average molecular weight is 320 g/mol. The van der Waals surface area contributed by atoms with Crippen LogP contribution in [0.25, 0.3) is 0 Å². The first-order valence-corrected chi connectivity index (χ1v) is 8.07. The molecule has 2 rings (SSSR count). The third-order valence-corrected chi connectivity index (χ3v) is 4.00. The number of phenols is 1. The molecule has 0 aliphatic rings. The largest absolute Gasteiger partial charge is 0.507 e. The zero-order chi connectivity index (χ0) is 16.0. The number of rotatable bonds is 6. The summed E-state index contributed by atoms with van der Waals surface area (Å²) in [6.45, 7) is 2.36. The minimum absolute atomic E-state index is 0.0199. The van der Waals surface area contributed by atoms with E-state index in [-0.39, 0.29) is 10.6 Å². The van der Waals surface area contributed by atoms with Gasteiger partial charge in [-0.3, -0.25) is 0 Å². The van der Waals surface area contributed by atoms with Crippen molar-refractivity contribution in [2.75, 3.05) is 6.61 Å². The van der Waals surface area contributed by atoms with E-state index in [9.17, 15) is 13.5 Å². The van der Waals surface area contributed by atoms with Gasteiger partial charge in [0, 0.05) is 5.56 Å². The summed E-state index contributed by atoms with van der Waals surface area (Å²) in [5.41, 5.74) is 0.414. The fourth-order valence-corrected chi connectivity index (χ4v) is 2.49. The summed E-state index contributed by atoms with van der Waals surface area (Å²) in [6, 6.07) is 12.5. The van der Waals surface area contributed by atoms with Crippen molar-refractivity contribution in [3.05, 3.63) is 54.1 Å². The summed E-state index contributed by atoms with van der Waals surface area (Å²) in [5, 5.41) is 13.2. The SMILES string of the molecule is CCOc1ccc(S(=O)(=O)N/N=C/c2ccccc2O)cc1. The third kappa shape index (κ3) is 3.98. The molecule has 0 radical (unpaired) electrons. The fourth-order valence-electron chi connectivity index (χ4n) is 1.70. The van der Waals surface area contributed by atoms with E-state index in [0.29, 0.717) is 17.9 Å². The van der Waals surface area contributed by atoms with E-state index in [1.807, 2.05) is 6.92 Å². The summed E-state index contributed by atoms with van der Waals surface area (Å²) < 4.78 is 29.3. The first-order chi connectivity index (χ1) is 10.5. The van der Waals surface area contributed by atoms with Crippen molar-refractivity contribution >= 4 is 16.2 Å². The lowest BCUT2D eigenvalue weighted by molar-refractivity contribution is 0.340. The van der Waals surface area contributed by atoms with Crippen molar-refractivity contribution < 1.29 is 18.3 Å². The highest BCUT2D eigenvalue weighted by Crippen LogP contribution is 2.16. The highest BCUT2D eigenvalue weighted by atomic mass is 32.2. The number of aromatic hydroxyl groups is 1. The topological polar surface area (TPSA) is 88.0 Å². The lowest BCUT2D eigenvalue weighted by Gasteiger charge is -2.06. The molecule has 0 bridgehead atoms. The number of hydrogen-bond acceptors (Lipinski definition) is 5. The molecular weight excluding hydrogens is 304 g/mol. The van der Waals surface area contributed by atoms with Crippen molar-refractivity contribution in [2.24, 2.45) is 5.10 Å². The van der Waals surface area contributed by atoms with Crippen molar-refractivity contribution in [3.8, 4) is 11.5 Å². The summed E-state index contributed by atoms with van der Waals surface area (Å²) in [4.78, 5) is 2.17. The number of sulfonamides is 1. The molecule has 22 heavy (non-hydrogen) atoms. The Kier molecular flexibility index (Phi) is 5.00. The van der Waals surface area contributed by atoms with Gasteiger partial charge >= 0.3 is 0 Å². The van der Waals surface area contributed by atoms with Gasteiger partial charge in [-0.1, -0.05) is 12.1 Å². The molecule has 0 aliphatic heterocycles. The predicted molar refractivity (Wildman–Crippen MR) is 83.6 cm³/mol. The van der Waals surface area contributed by atoms with Gasteiger partial charge in [0.05, 0.1) is 17.7 Å². The molecule has 2 aromatic carbocycles. The number of nitrogens with zero attached hydrogens (tertiary/aromatic N) is 1. The second-order valence-electron chi connectivity index (χ2n) is 4.32. The van der Waals surface area contributed by atoms with Gasteiger partial charge in [0.1, 0.15) is 11.5 Å². The van der Waals surface area contributed by atoms with E-state index in [2.05, 4.69) is 9.93 Å². The number of phenolic OH excluding ortho intramolecular Hbond substituents is 1. The van der Waals surface area contributed by atoms with Gasteiger partial charge in [-0.15, -0.1) is 0 Å². The van der Waals surface area contributed by atoms with Crippen LogP contribution in [0.5, 0.6) is 11.5 Å². The molecule has 0 saturated carbocycles. The van der Waals surface area contributed by atoms with E-state index >= 15 is 0 Å². The average Bonchev–Trinajstić information content (AvgIpc) is 2.50. The van der Waals surface area contributed by atoms with E-state index in [1.54, 1.807) is 30.3 Å². The molecule has 0 aromatic heterocycles. The Labute approximate surface area is 129 Å². The minimum atomic E-state index is -3.76. The van der Waals surface area contributed by atoms with Crippen LogP contribution in [0.1, 0.15) is 12.5 Å². The first-order valence-electron chi connectivity index (χ1n) is 6.58. The summed E-state index contributed by atoms with van der Waals surface area (Å²) in [7, 11) is -3.76. The Hall–Kier alpha value is -2.54. The van der Waals surface area contributed by atoms with Gasteiger partial charge in [0.25, 0.3) is 10.0 Å². The molecule has 0 unspecified atom stereocenters. The molecule has 116 valence electrons. The normalized spacial score (nSPS) is 11.5. The maximum absolute atomic E-state index is 12.0. The predicted octanol–water partition coefficient (Wildman–Crippen LogP) is 2.10. The Morgan fingerprint density at radius 2 is 1.86 bits per heavy atom. The summed E-state index contributed by atoms with van der Waals surface area (Å²) >= 11 is 0. The van der Waals surface area contributed by atoms with Crippen molar-refractivity contribution in [2.45, 2.75) is 11.8 Å². The molecular formula is C15H16N2O4S. The molecule has 7 heteroatoms. The number of nitrogens with one attached hydrogen (secondary N) is 1. The van der Waals surface area contributed by atoms with Gasteiger partial charge in [0.2, 0.25) is 0 Å². The molecule has 0 heterocycles. The van der Waals surface area contributed by atoms with E-state index in [4.69, 9.17) is 4.74 Å². The Morgan fingerprint density at radius 3 is 2.50 bits per heavy atom. The molecule has 2 aromatic rings. The van der Waals surface area contributed by atoms with Gasteiger partial charge in [-0.25, -0.2) is 4.83 Å². The van der Waals surface area contributed by atoms with Gasteiger partial charge in [-0.2, -0.15) is 13.5 Å². The monoisotopic (exact) mass is 320 g/mol. The van der Waals surface area contributed by atoms with Crippen LogP contribution in [-0.4, -0.2) is 26.3 Å².